The molecule has 0 amide bonds. The molecule has 0 radical (unpaired) electrons. The molecule has 0 spiro atoms. The van der Waals surface area contributed by atoms with Crippen molar-refractivity contribution >= 4 is 29.4 Å². The van der Waals surface area contributed by atoms with Crippen molar-refractivity contribution in [2.24, 2.45) is 0 Å². The van der Waals surface area contributed by atoms with E-state index in [0.717, 1.165) is 0 Å². The molecule has 130 valence electrons. The number of halogens is 1. The SMILES string of the molecule is COc1cc(/C=C/C(=O)c2ccc(OCC(=O)[O-])cc2)cc(Cl)c1O. The second-order valence-electron chi connectivity index (χ2n) is 4.94. The third-order valence-corrected chi connectivity index (χ3v) is 3.48. The summed E-state index contributed by atoms with van der Waals surface area (Å²) in [5.41, 5.74) is 0.982. The minimum Gasteiger partial charge on any atom is -0.546 e. The van der Waals surface area contributed by atoms with Gasteiger partial charge in [0.1, 0.15) is 12.4 Å². The summed E-state index contributed by atoms with van der Waals surface area (Å²) < 4.78 is 9.94. The number of ether oxygens (including phenoxy) is 2. The summed E-state index contributed by atoms with van der Waals surface area (Å²) in [5.74, 6) is -1.24. The second-order valence-corrected chi connectivity index (χ2v) is 5.34. The van der Waals surface area contributed by atoms with Crippen LogP contribution in [0.1, 0.15) is 15.9 Å². The van der Waals surface area contributed by atoms with Crippen molar-refractivity contribution in [2.45, 2.75) is 0 Å². The van der Waals surface area contributed by atoms with Crippen LogP contribution in [0, 0.1) is 0 Å². The number of methoxy groups -OCH3 is 1. The Morgan fingerprint density at radius 3 is 2.52 bits per heavy atom. The summed E-state index contributed by atoms with van der Waals surface area (Å²) in [7, 11) is 1.40. The Morgan fingerprint density at radius 1 is 1.24 bits per heavy atom. The van der Waals surface area contributed by atoms with Gasteiger partial charge in [0.05, 0.1) is 18.1 Å². The molecule has 0 saturated heterocycles. The number of carboxylic acid groups (broad SMARTS) is 1. The van der Waals surface area contributed by atoms with Gasteiger partial charge in [0.25, 0.3) is 0 Å². The van der Waals surface area contributed by atoms with Crippen molar-refractivity contribution in [3.05, 3.63) is 58.6 Å². The molecule has 0 heterocycles. The third-order valence-electron chi connectivity index (χ3n) is 3.19. The Kier molecular flexibility index (Phi) is 6.03. The average molecular weight is 362 g/mol. The number of ketones is 1. The van der Waals surface area contributed by atoms with Gasteiger partial charge < -0.3 is 24.5 Å². The van der Waals surface area contributed by atoms with Gasteiger partial charge in [0.15, 0.2) is 17.3 Å². The van der Waals surface area contributed by atoms with E-state index in [2.05, 4.69) is 0 Å². The highest BCUT2D eigenvalue weighted by Gasteiger charge is 2.08. The van der Waals surface area contributed by atoms with Crippen molar-refractivity contribution in [3.8, 4) is 17.2 Å². The van der Waals surface area contributed by atoms with Gasteiger partial charge in [-0.3, -0.25) is 4.79 Å². The number of hydrogen-bond acceptors (Lipinski definition) is 6. The van der Waals surface area contributed by atoms with Crippen LogP contribution in [0.4, 0.5) is 0 Å². The molecule has 0 unspecified atom stereocenters. The van der Waals surface area contributed by atoms with Crippen LogP contribution >= 0.6 is 11.6 Å². The smallest absolute Gasteiger partial charge is 0.185 e. The van der Waals surface area contributed by atoms with E-state index in [-0.39, 0.29) is 22.3 Å². The third kappa shape index (κ3) is 4.99. The van der Waals surface area contributed by atoms with Crippen LogP contribution in [0.15, 0.2) is 42.5 Å². The molecule has 0 saturated carbocycles. The largest absolute Gasteiger partial charge is 0.546 e. The molecule has 6 nitrogen and oxygen atoms in total. The van der Waals surface area contributed by atoms with Crippen LogP contribution in [-0.2, 0) is 4.79 Å². The zero-order valence-electron chi connectivity index (χ0n) is 13.2. The highest BCUT2D eigenvalue weighted by atomic mass is 35.5. The molecule has 0 aliphatic rings. The number of phenolic OH excluding ortho intramolecular Hbond substituents is 1. The number of rotatable bonds is 7. The van der Waals surface area contributed by atoms with Gasteiger partial charge in [-0.05, 0) is 48.0 Å². The minimum atomic E-state index is -1.33. The Balaban J connectivity index is 2.10. The molecule has 7 heteroatoms. The van der Waals surface area contributed by atoms with E-state index >= 15 is 0 Å². The van der Waals surface area contributed by atoms with Gasteiger partial charge in [-0.1, -0.05) is 17.7 Å². The van der Waals surface area contributed by atoms with Crippen molar-refractivity contribution in [3.63, 3.8) is 0 Å². The molecule has 0 bridgehead atoms. The van der Waals surface area contributed by atoms with E-state index < -0.39 is 12.6 Å². The van der Waals surface area contributed by atoms with Gasteiger partial charge in [0, 0.05) is 5.56 Å². The predicted molar refractivity (Wildman–Crippen MR) is 90.0 cm³/mol. The van der Waals surface area contributed by atoms with Crippen LogP contribution in [0.3, 0.4) is 0 Å². The molecule has 25 heavy (non-hydrogen) atoms. The fourth-order valence-electron chi connectivity index (χ4n) is 1.97. The quantitative estimate of drug-likeness (QED) is 0.599. The van der Waals surface area contributed by atoms with Gasteiger partial charge in [0.2, 0.25) is 0 Å². The van der Waals surface area contributed by atoms with Gasteiger partial charge in [-0.15, -0.1) is 0 Å². The standard InChI is InChI=1S/C18H15ClO6/c1-24-16-9-11(8-14(19)18(16)23)2-7-15(20)12-3-5-13(6-4-12)25-10-17(21)22/h2-9,23H,10H2,1H3,(H,21,22)/p-1/b7-2+. The van der Waals surface area contributed by atoms with Crippen LogP contribution in [0.5, 0.6) is 17.2 Å². The molecule has 2 rings (SSSR count). The van der Waals surface area contributed by atoms with E-state index in [9.17, 15) is 19.8 Å². The summed E-state index contributed by atoms with van der Waals surface area (Å²) in [6, 6.07) is 9.06. The molecule has 0 aliphatic carbocycles. The highest BCUT2D eigenvalue weighted by Crippen LogP contribution is 2.35. The molecular weight excluding hydrogens is 348 g/mol. The fraction of sp³-hybridized carbons (Fsp3) is 0.111. The van der Waals surface area contributed by atoms with Crippen LogP contribution in [-0.4, -0.2) is 30.6 Å². The number of aliphatic carboxylic acids is 1. The first-order valence-corrected chi connectivity index (χ1v) is 7.50. The Morgan fingerprint density at radius 2 is 1.92 bits per heavy atom. The normalized spacial score (nSPS) is 10.6. The number of aromatic hydroxyl groups is 1. The number of carbonyl (C=O) groups is 2. The summed E-state index contributed by atoms with van der Waals surface area (Å²) in [6.07, 6.45) is 2.88. The van der Waals surface area contributed by atoms with Crippen LogP contribution in [0.25, 0.3) is 6.08 Å². The van der Waals surface area contributed by atoms with E-state index in [1.54, 1.807) is 6.07 Å². The maximum Gasteiger partial charge on any atom is 0.185 e. The van der Waals surface area contributed by atoms with Gasteiger partial charge in [-0.25, -0.2) is 0 Å². The number of allylic oxidation sites excluding steroid dienone is 1. The lowest BCUT2D eigenvalue weighted by molar-refractivity contribution is -0.307. The predicted octanol–water partition coefficient (Wildman–Crippen LogP) is 2.08. The second kappa shape index (κ2) is 8.21. The Labute approximate surface area is 148 Å². The molecule has 0 atom stereocenters. The molecular formula is C18H14ClO6-. The van der Waals surface area contributed by atoms with E-state index in [1.807, 2.05) is 0 Å². The minimum absolute atomic E-state index is 0.112. The molecule has 0 aromatic heterocycles. The molecule has 2 aromatic rings. The van der Waals surface area contributed by atoms with E-state index in [4.69, 9.17) is 21.1 Å². The number of phenols is 1. The summed E-state index contributed by atoms with van der Waals surface area (Å²) in [6.45, 7) is -0.559. The number of benzene rings is 2. The number of hydrogen-bond donors (Lipinski definition) is 1. The summed E-state index contributed by atoms with van der Waals surface area (Å²) in [5, 5.41) is 20.1. The lowest BCUT2D eigenvalue weighted by atomic mass is 10.1. The number of carbonyl (C=O) groups excluding carboxylic acids is 2. The Bertz CT molecular complexity index is 811. The van der Waals surface area contributed by atoms with Gasteiger partial charge in [-0.2, -0.15) is 0 Å². The van der Waals surface area contributed by atoms with Gasteiger partial charge >= 0.3 is 0 Å². The summed E-state index contributed by atoms with van der Waals surface area (Å²) in [4.78, 5) is 22.5. The first kappa shape index (κ1) is 18.4. The lowest BCUT2D eigenvalue weighted by Crippen LogP contribution is -2.28. The van der Waals surface area contributed by atoms with E-state index in [1.165, 1.54) is 49.6 Å². The first-order chi connectivity index (χ1) is 11.9. The first-order valence-electron chi connectivity index (χ1n) is 7.12. The average Bonchev–Trinajstić information content (AvgIpc) is 2.60. The zero-order valence-corrected chi connectivity index (χ0v) is 13.9. The maximum absolute atomic E-state index is 12.2. The lowest BCUT2D eigenvalue weighted by Gasteiger charge is -2.07. The maximum atomic E-state index is 12.2. The monoisotopic (exact) mass is 361 g/mol. The Hall–Kier alpha value is -2.99. The molecule has 2 aromatic carbocycles. The van der Waals surface area contributed by atoms with Crippen molar-refractivity contribution in [1.29, 1.82) is 0 Å². The zero-order chi connectivity index (χ0) is 18.4. The van der Waals surface area contributed by atoms with E-state index in [0.29, 0.717) is 16.9 Å². The molecule has 0 fully saturated rings. The van der Waals surface area contributed by atoms with Crippen LogP contribution in [0.2, 0.25) is 5.02 Å². The highest BCUT2D eigenvalue weighted by molar-refractivity contribution is 6.32. The van der Waals surface area contributed by atoms with Crippen molar-refractivity contribution in [2.75, 3.05) is 13.7 Å². The van der Waals surface area contributed by atoms with Crippen molar-refractivity contribution < 1.29 is 29.3 Å². The van der Waals surface area contributed by atoms with Crippen LogP contribution < -0.4 is 14.6 Å². The topological polar surface area (TPSA) is 95.9 Å². The van der Waals surface area contributed by atoms with Crippen molar-refractivity contribution in [1.82, 2.24) is 0 Å². The molecule has 0 aliphatic heterocycles. The fourth-order valence-corrected chi connectivity index (χ4v) is 2.19. The summed E-state index contributed by atoms with van der Waals surface area (Å²) >= 11 is 5.89. The number of carboxylic acids is 1. The molecule has 1 N–H and O–H groups in total.